The molecule has 4 aromatic rings. The van der Waals surface area contributed by atoms with E-state index >= 15 is 0 Å². The Morgan fingerprint density at radius 3 is 2.38 bits per heavy atom. The molecule has 0 bridgehead atoms. The van der Waals surface area contributed by atoms with Crippen molar-refractivity contribution in [2.24, 2.45) is 0 Å². The van der Waals surface area contributed by atoms with Crippen molar-refractivity contribution in [2.75, 3.05) is 5.32 Å². The summed E-state index contributed by atoms with van der Waals surface area (Å²) in [4.78, 5) is 16.8. The van der Waals surface area contributed by atoms with E-state index < -0.39 is 0 Å². The molecule has 0 saturated carbocycles. The monoisotopic (exact) mass is 445 g/mol. The van der Waals surface area contributed by atoms with Gasteiger partial charge in [-0.25, -0.2) is 0 Å². The topological polar surface area (TPSA) is 81.9 Å². The summed E-state index contributed by atoms with van der Waals surface area (Å²) in [7, 11) is 0. The first-order chi connectivity index (χ1) is 15.6. The summed E-state index contributed by atoms with van der Waals surface area (Å²) in [6.07, 6.45) is 3.45. The largest absolute Gasteiger partial charge is 0.457 e. The van der Waals surface area contributed by atoms with Gasteiger partial charge in [-0.1, -0.05) is 30.0 Å². The number of nitrogens with zero attached hydrogens (tertiary/aromatic N) is 4. The van der Waals surface area contributed by atoms with Crippen molar-refractivity contribution in [3.05, 3.63) is 79.1 Å². The smallest absolute Gasteiger partial charge is 0.237 e. The van der Waals surface area contributed by atoms with Crippen LogP contribution in [0.25, 0.3) is 11.4 Å². The predicted molar refractivity (Wildman–Crippen MR) is 126 cm³/mol. The minimum absolute atomic E-state index is 0.108. The third kappa shape index (κ3) is 5.15. The maximum atomic E-state index is 12.7. The number of hydrogen-bond donors (Lipinski definition) is 1. The van der Waals surface area contributed by atoms with E-state index in [1.165, 1.54) is 11.8 Å². The molecule has 0 spiro atoms. The van der Waals surface area contributed by atoms with Crippen LogP contribution in [0.15, 0.2) is 84.3 Å². The third-order valence-electron chi connectivity index (χ3n) is 4.72. The zero-order chi connectivity index (χ0) is 22.3. The highest BCUT2D eigenvalue weighted by atomic mass is 32.2. The number of carbonyl (C=O) groups excluding carboxylic acids is 1. The van der Waals surface area contributed by atoms with Gasteiger partial charge in [-0.15, -0.1) is 10.2 Å². The number of anilines is 1. The van der Waals surface area contributed by atoms with Crippen LogP contribution in [0.2, 0.25) is 0 Å². The van der Waals surface area contributed by atoms with E-state index in [4.69, 9.17) is 4.74 Å². The van der Waals surface area contributed by atoms with E-state index in [9.17, 15) is 4.79 Å². The molecule has 162 valence electrons. The Labute approximate surface area is 190 Å². The molecule has 1 amide bonds. The quantitative estimate of drug-likeness (QED) is 0.372. The lowest BCUT2D eigenvalue weighted by molar-refractivity contribution is -0.115. The van der Waals surface area contributed by atoms with Crippen LogP contribution in [0.4, 0.5) is 5.69 Å². The van der Waals surface area contributed by atoms with Crippen LogP contribution in [0.1, 0.15) is 13.8 Å². The normalized spacial score (nSPS) is 11.7. The average Bonchev–Trinajstić information content (AvgIpc) is 3.24. The molecule has 7 nitrogen and oxygen atoms in total. The molecule has 0 fully saturated rings. The number of aromatic nitrogens is 4. The van der Waals surface area contributed by atoms with Crippen LogP contribution in [-0.4, -0.2) is 30.9 Å². The second-order valence-electron chi connectivity index (χ2n) is 6.98. The zero-order valence-corrected chi connectivity index (χ0v) is 18.6. The molecular formula is C24H23N5O2S. The summed E-state index contributed by atoms with van der Waals surface area (Å²) in [6, 6.07) is 20.7. The van der Waals surface area contributed by atoms with Gasteiger partial charge in [0.05, 0.1) is 5.25 Å². The van der Waals surface area contributed by atoms with E-state index in [1.807, 2.05) is 85.1 Å². The van der Waals surface area contributed by atoms with Gasteiger partial charge < -0.3 is 14.6 Å². The molecule has 32 heavy (non-hydrogen) atoms. The van der Waals surface area contributed by atoms with Crippen LogP contribution in [-0.2, 0) is 11.3 Å². The number of pyridine rings is 1. The highest BCUT2D eigenvalue weighted by molar-refractivity contribution is 8.00. The van der Waals surface area contributed by atoms with Gasteiger partial charge >= 0.3 is 0 Å². The van der Waals surface area contributed by atoms with Crippen LogP contribution in [0.5, 0.6) is 11.5 Å². The summed E-state index contributed by atoms with van der Waals surface area (Å²) in [5.74, 6) is 2.12. The van der Waals surface area contributed by atoms with Crippen LogP contribution in [0.3, 0.4) is 0 Å². The van der Waals surface area contributed by atoms with Gasteiger partial charge in [0, 0.05) is 30.2 Å². The number of amides is 1. The number of para-hydroxylation sites is 1. The van der Waals surface area contributed by atoms with Gasteiger partial charge in [-0.2, -0.15) is 0 Å². The summed E-state index contributed by atoms with van der Waals surface area (Å²) < 4.78 is 7.79. The molecule has 0 unspecified atom stereocenters. The molecule has 0 aliphatic carbocycles. The van der Waals surface area contributed by atoms with Gasteiger partial charge in [-0.05, 0) is 62.4 Å². The van der Waals surface area contributed by atoms with E-state index in [1.54, 1.807) is 12.4 Å². The number of hydrogen-bond acceptors (Lipinski definition) is 6. The molecule has 4 rings (SSSR count). The van der Waals surface area contributed by atoms with Gasteiger partial charge in [0.15, 0.2) is 11.0 Å². The summed E-state index contributed by atoms with van der Waals surface area (Å²) in [5, 5.41) is 11.9. The Hall–Kier alpha value is -3.65. The van der Waals surface area contributed by atoms with Gasteiger partial charge in [0.2, 0.25) is 5.91 Å². The zero-order valence-electron chi connectivity index (χ0n) is 17.8. The van der Waals surface area contributed by atoms with Gasteiger partial charge in [0.25, 0.3) is 0 Å². The van der Waals surface area contributed by atoms with Crippen LogP contribution >= 0.6 is 11.8 Å². The number of nitrogens with one attached hydrogen (secondary N) is 1. The van der Waals surface area contributed by atoms with Crippen LogP contribution in [0, 0.1) is 0 Å². The molecule has 1 atom stereocenters. The second kappa shape index (κ2) is 10.1. The van der Waals surface area contributed by atoms with Crippen molar-refractivity contribution in [2.45, 2.75) is 30.8 Å². The molecule has 0 aliphatic rings. The second-order valence-corrected chi connectivity index (χ2v) is 8.28. The Morgan fingerprint density at radius 2 is 1.69 bits per heavy atom. The Bertz CT molecular complexity index is 1160. The minimum atomic E-state index is -0.352. The van der Waals surface area contributed by atoms with Crippen molar-refractivity contribution in [1.82, 2.24) is 19.7 Å². The molecule has 2 aromatic carbocycles. The fourth-order valence-corrected chi connectivity index (χ4v) is 3.97. The Kier molecular flexibility index (Phi) is 6.81. The lowest BCUT2D eigenvalue weighted by Gasteiger charge is -2.13. The number of carbonyl (C=O) groups is 1. The van der Waals surface area contributed by atoms with E-state index in [0.717, 1.165) is 17.1 Å². The first kappa shape index (κ1) is 21.6. The number of thioether (sulfide) groups is 1. The predicted octanol–water partition coefficient (Wildman–Crippen LogP) is 5.27. The molecule has 2 aromatic heterocycles. The van der Waals surface area contributed by atoms with Gasteiger partial charge in [0.1, 0.15) is 11.5 Å². The number of ether oxygens (including phenoxy) is 1. The lowest BCUT2D eigenvalue weighted by atomic mass is 10.2. The number of benzene rings is 2. The van der Waals surface area contributed by atoms with Crippen LogP contribution < -0.4 is 10.1 Å². The number of rotatable bonds is 8. The summed E-state index contributed by atoms with van der Waals surface area (Å²) >= 11 is 1.38. The van der Waals surface area contributed by atoms with Crippen molar-refractivity contribution in [3.63, 3.8) is 0 Å². The lowest BCUT2D eigenvalue weighted by Crippen LogP contribution is -2.22. The van der Waals surface area contributed by atoms with E-state index in [2.05, 4.69) is 20.5 Å². The fraction of sp³-hybridized carbons (Fsp3) is 0.167. The molecule has 0 saturated heterocycles. The molecule has 1 N–H and O–H groups in total. The van der Waals surface area contributed by atoms with Crippen molar-refractivity contribution >= 4 is 23.4 Å². The Morgan fingerprint density at radius 1 is 1.00 bits per heavy atom. The molecular weight excluding hydrogens is 422 g/mol. The third-order valence-corrected chi connectivity index (χ3v) is 5.80. The van der Waals surface area contributed by atoms with E-state index in [-0.39, 0.29) is 11.2 Å². The summed E-state index contributed by atoms with van der Waals surface area (Å²) in [5.41, 5.74) is 1.65. The minimum Gasteiger partial charge on any atom is -0.457 e. The van der Waals surface area contributed by atoms with Crippen molar-refractivity contribution < 1.29 is 9.53 Å². The fourth-order valence-electron chi connectivity index (χ4n) is 3.06. The maximum Gasteiger partial charge on any atom is 0.237 e. The van der Waals surface area contributed by atoms with E-state index in [0.29, 0.717) is 23.1 Å². The van der Waals surface area contributed by atoms with Crippen molar-refractivity contribution in [1.29, 1.82) is 0 Å². The average molecular weight is 446 g/mol. The maximum absolute atomic E-state index is 12.7. The Balaban J connectivity index is 1.39. The first-order valence-electron chi connectivity index (χ1n) is 10.3. The SMILES string of the molecule is CCn1c(S[C@@H](C)C(=O)Nc2ccc(Oc3ccccc3)cc2)nnc1-c1ccncc1. The highest BCUT2D eigenvalue weighted by Gasteiger charge is 2.20. The standard InChI is InChI=1S/C24H23N5O2S/c1-3-29-22(18-13-15-25-16-14-18)27-28-24(29)32-17(2)23(30)26-19-9-11-21(12-10-19)31-20-7-5-4-6-8-20/h4-17H,3H2,1-2H3,(H,26,30)/t17-/m0/s1. The first-order valence-corrected chi connectivity index (χ1v) is 11.2. The molecule has 2 heterocycles. The molecule has 8 heteroatoms. The van der Waals surface area contributed by atoms with Crippen molar-refractivity contribution in [3.8, 4) is 22.9 Å². The van der Waals surface area contributed by atoms with Gasteiger partial charge in [-0.3, -0.25) is 9.78 Å². The highest BCUT2D eigenvalue weighted by Crippen LogP contribution is 2.28. The summed E-state index contributed by atoms with van der Waals surface area (Å²) in [6.45, 7) is 4.58. The molecule has 0 aliphatic heterocycles. The molecule has 0 radical (unpaired) electrons.